The number of benzene rings is 4. The van der Waals surface area contributed by atoms with E-state index in [2.05, 4.69) is 36.7 Å². The molecule has 6 N–H and O–H groups in total. The summed E-state index contributed by atoms with van der Waals surface area (Å²) in [6.07, 6.45) is 2.32. The van der Waals surface area contributed by atoms with Gasteiger partial charge in [0.05, 0.1) is 21.3 Å². The smallest absolute Gasteiger partial charge is 0.323 e. The maximum absolute atomic E-state index is 13.1. The first-order valence-electron chi connectivity index (χ1n) is 22.4. The van der Waals surface area contributed by atoms with Crippen molar-refractivity contribution in [3.05, 3.63) is 121 Å². The number of aromatic hydroxyl groups is 3. The number of rotatable bonds is 27. The molecule has 15 heteroatoms. The highest BCUT2D eigenvalue weighted by Crippen LogP contribution is 2.37. The van der Waals surface area contributed by atoms with Gasteiger partial charge in [0.15, 0.2) is 0 Å². The van der Waals surface area contributed by atoms with Crippen LogP contribution in [0.15, 0.2) is 54.6 Å². The second-order valence-corrected chi connectivity index (χ2v) is 19.3. The van der Waals surface area contributed by atoms with Crippen LogP contribution in [0.25, 0.3) is 0 Å². The van der Waals surface area contributed by atoms with E-state index in [0.29, 0.717) is 70.8 Å². The minimum absolute atomic E-state index is 0.162. The lowest BCUT2D eigenvalue weighted by atomic mass is 9.85. The first-order chi connectivity index (χ1) is 31.7. The molecule has 360 valence electrons. The maximum atomic E-state index is 13.1. The zero-order chi connectivity index (χ0) is 48.3. The van der Waals surface area contributed by atoms with Crippen LogP contribution in [-0.4, -0.2) is 89.9 Å². The van der Waals surface area contributed by atoms with Crippen LogP contribution in [0.4, 0.5) is 0 Å². The number of nitrogens with one attached hydrogen (secondary N) is 3. The standard InChI is InChI=1S/C51H69N3O9S3/c1-10-37-40(25-64-28-43(49(58)61-7)52-22-34-19-31(4)13-16-46(34)55)38(11-2)42(27-66-30-45(51(60)63-9)54-24-36-21-33(6)15-18-48(36)57)39(12-3)41(37)26-65-29-44(50(59)62-8)53-23-35-20-32(5)14-17-47(35)56/h13-21,43-45,52-57H,10-12,22-30H2,1-9H3/t43-,44-,45-/m0/s1. The van der Waals surface area contributed by atoms with Crippen LogP contribution in [0.1, 0.15) is 87.5 Å². The van der Waals surface area contributed by atoms with Gasteiger partial charge < -0.3 is 29.5 Å². The molecule has 0 aromatic heterocycles. The second-order valence-electron chi connectivity index (χ2n) is 16.2. The lowest BCUT2D eigenvalue weighted by Gasteiger charge is -2.27. The van der Waals surface area contributed by atoms with Crippen molar-refractivity contribution in [2.75, 3.05) is 38.6 Å². The summed E-state index contributed by atoms with van der Waals surface area (Å²) >= 11 is 4.96. The van der Waals surface area contributed by atoms with Crippen LogP contribution >= 0.6 is 35.3 Å². The maximum Gasteiger partial charge on any atom is 0.323 e. The van der Waals surface area contributed by atoms with Crippen molar-refractivity contribution in [2.45, 2.75) is 116 Å². The number of aryl methyl sites for hydroxylation is 3. The summed E-state index contributed by atoms with van der Waals surface area (Å²) in [5.74, 6) is 2.54. The Morgan fingerprint density at radius 1 is 0.470 bits per heavy atom. The van der Waals surface area contributed by atoms with E-state index in [1.165, 1.54) is 54.7 Å². The molecule has 0 fully saturated rings. The topological polar surface area (TPSA) is 176 Å². The Hall–Kier alpha value is -4.38. The summed E-state index contributed by atoms with van der Waals surface area (Å²) < 4.78 is 15.6. The highest BCUT2D eigenvalue weighted by Gasteiger charge is 2.27. The van der Waals surface area contributed by atoms with E-state index in [9.17, 15) is 29.7 Å². The zero-order valence-corrected chi connectivity index (χ0v) is 42.4. The summed E-state index contributed by atoms with van der Waals surface area (Å²) in [7, 11) is 4.15. The summed E-state index contributed by atoms with van der Waals surface area (Å²) in [6.45, 7) is 13.3. The molecule has 66 heavy (non-hydrogen) atoms. The van der Waals surface area contributed by atoms with Crippen LogP contribution < -0.4 is 16.0 Å². The molecule has 12 nitrogen and oxygen atoms in total. The average Bonchev–Trinajstić information content (AvgIpc) is 3.31. The van der Waals surface area contributed by atoms with Gasteiger partial charge in [-0.25, -0.2) is 0 Å². The fourth-order valence-electron chi connectivity index (χ4n) is 8.06. The van der Waals surface area contributed by atoms with Crippen LogP contribution in [0.3, 0.4) is 0 Å². The van der Waals surface area contributed by atoms with Crippen LogP contribution in [0.2, 0.25) is 0 Å². The van der Waals surface area contributed by atoms with Crippen LogP contribution in [-0.2, 0) is 84.7 Å². The number of thioether (sulfide) groups is 3. The molecule has 0 aliphatic rings. The largest absolute Gasteiger partial charge is 0.508 e. The van der Waals surface area contributed by atoms with E-state index in [4.69, 9.17) is 14.2 Å². The number of carbonyl (C=O) groups is 3. The molecule has 0 amide bonds. The van der Waals surface area contributed by atoms with Gasteiger partial charge in [-0.1, -0.05) is 73.9 Å². The van der Waals surface area contributed by atoms with Crippen LogP contribution in [0, 0.1) is 20.8 Å². The fraction of sp³-hybridized carbons (Fsp3) is 0.471. The Morgan fingerprint density at radius 3 is 0.955 bits per heavy atom. The predicted octanol–water partition coefficient (Wildman–Crippen LogP) is 8.11. The average molecular weight is 964 g/mol. The van der Waals surface area contributed by atoms with Gasteiger partial charge in [0.2, 0.25) is 0 Å². The zero-order valence-electron chi connectivity index (χ0n) is 39.9. The van der Waals surface area contributed by atoms with Gasteiger partial charge in [-0.2, -0.15) is 35.3 Å². The Labute approximate surface area is 404 Å². The molecular formula is C51H69N3O9S3. The highest BCUT2D eigenvalue weighted by atomic mass is 32.2. The molecule has 0 radical (unpaired) electrons. The van der Waals surface area contributed by atoms with Crippen molar-refractivity contribution in [1.82, 2.24) is 16.0 Å². The van der Waals surface area contributed by atoms with Gasteiger partial charge in [-0.3, -0.25) is 30.3 Å². The van der Waals surface area contributed by atoms with Crippen molar-refractivity contribution in [1.29, 1.82) is 0 Å². The van der Waals surface area contributed by atoms with Gasteiger partial charge in [0.1, 0.15) is 35.4 Å². The molecule has 4 rings (SSSR count). The third-order valence-corrected chi connectivity index (χ3v) is 14.8. The molecule has 3 atom stereocenters. The Kier molecular flexibility index (Phi) is 22.5. The molecule has 4 aromatic rings. The number of ether oxygens (including phenoxy) is 3. The summed E-state index contributed by atoms with van der Waals surface area (Å²) in [4.78, 5) is 39.3. The van der Waals surface area contributed by atoms with E-state index in [1.54, 1.807) is 53.5 Å². The number of phenols is 3. The van der Waals surface area contributed by atoms with Crippen molar-refractivity contribution in [2.24, 2.45) is 0 Å². The highest BCUT2D eigenvalue weighted by molar-refractivity contribution is 7.99. The summed E-state index contributed by atoms with van der Waals surface area (Å²) in [6, 6.07) is 14.3. The van der Waals surface area contributed by atoms with Gasteiger partial charge in [0, 0.05) is 70.8 Å². The molecule has 0 saturated carbocycles. The van der Waals surface area contributed by atoms with E-state index < -0.39 is 18.1 Å². The predicted molar refractivity (Wildman–Crippen MR) is 270 cm³/mol. The quantitative estimate of drug-likeness (QED) is 0.0250. The second kappa shape index (κ2) is 27.4. The van der Waals surface area contributed by atoms with Crippen molar-refractivity contribution in [3.8, 4) is 17.2 Å². The molecule has 0 spiro atoms. The molecular weight excluding hydrogens is 895 g/mol. The molecule has 0 bridgehead atoms. The van der Waals surface area contributed by atoms with Gasteiger partial charge in [-0.05, 0) is 91.6 Å². The SMILES string of the molecule is CCc1c(CSC[C@H](NCc2cc(C)ccc2O)C(=O)OC)c(CC)c(CSC[C@H](NCc2cc(C)ccc2O)C(=O)OC)c(CC)c1CSC[C@H](NCc1cc(C)ccc1O)C(=O)OC. The molecule has 0 saturated heterocycles. The van der Waals surface area contributed by atoms with Gasteiger partial charge in [0.25, 0.3) is 0 Å². The number of esters is 3. The van der Waals surface area contributed by atoms with E-state index in [-0.39, 0.29) is 35.2 Å². The van der Waals surface area contributed by atoms with E-state index in [1.807, 2.05) is 57.2 Å². The number of hydrogen-bond donors (Lipinski definition) is 6. The summed E-state index contributed by atoms with van der Waals surface area (Å²) in [5.41, 5.74) is 12.6. The van der Waals surface area contributed by atoms with E-state index >= 15 is 0 Å². The number of phenolic OH excluding ortho intramolecular Hbond substituents is 3. The molecule has 0 heterocycles. The molecule has 0 unspecified atom stereocenters. The normalized spacial score (nSPS) is 12.7. The molecule has 4 aromatic carbocycles. The Morgan fingerprint density at radius 2 is 0.727 bits per heavy atom. The van der Waals surface area contributed by atoms with Crippen molar-refractivity contribution in [3.63, 3.8) is 0 Å². The lowest BCUT2D eigenvalue weighted by molar-refractivity contribution is -0.143. The van der Waals surface area contributed by atoms with Crippen LogP contribution in [0.5, 0.6) is 17.2 Å². The number of methoxy groups -OCH3 is 3. The number of hydrogen-bond acceptors (Lipinski definition) is 15. The first kappa shape index (κ1) is 54.2. The fourth-order valence-corrected chi connectivity index (χ4v) is 11.5. The van der Waals surface area contributed by atoms with Crippen molar-refractivity contribution >= 4 is 53.2 Å². The first-order valence-corrected chi connectivity index (χ1v) is 25.9. The monoisotopic (exact) mass is 963 g/mol. The summed E-state index contributed by atoms with van der Waals surface area (Å²) in [5, 5.41) is 41.4. The third-order valence-electron chi connectivity index (χ3n) is 11.6. The molecule has 0 aliphatic heterocycles. The van der Waals surface area contributed by atoms with Gasteiger partial charge >= 0.3 is 17.9 Å². The van der Waals surface area contributed by atoms with Crippen molar-refractivity contribution < 1.29 is 43.9 Å². The lowest BCUT2D eigenvalue weighted by Crippen LogP contribution is -2.39. The van der Waals surface area contributed by atoms with Gasteiger partial charge in [-0.15, -0.1) is 0 Å². The minimum atomic E-state index is -0.621. The molecule has 0 aliphatic carbocycles. The Balaban J connectivity index is 1.66. The number of carbonyl (C=O) groups excluding carboxylic acids is 3. The third kappa shape index (κ3) is 15.3. The Bertz CT molecular complexity index is 1990. The van der Waals surface area contributed by atoms with E-state index in [0.717, 1.165) is 36.0 Å². The minimum Gasteiger partial charge on any atom is -0.508 e.